The third-order valence-electron chi connectivity index (χ3n) is 4.66. The van der Waals surface area contributed by atoms with Crippen LogP contribution in [0.25, 0.3) is 0 Å². The molecule has 0 aliphatic carbocycles. The number of nitrogens with zero attached hydrogens (tertiary/aromatic N) is 2. The number of piperidine rings is 1. The summed E-state index contributed by atoms with van der Waals surface area (Å²) in [5, 5.41) is 0. The SMILES string of the molecule is CC(C)N(CCN)CC1CCCCN1C(=O)OCc1ccccc1. The van der Waals surface area contributed by atoms with Gasteiger partial charge in [0, 0.05) is 38.3 Å². The van der Waals surface area contributed by atoms with Gasteiger partial charge in [-0.15, -0.1) is 0 Å². The molecule has 0 radical (unpaired) electrons. The van der Waals surface area contributed by atoms with E-state index in [9.17, 15) is 4.79 Å². The van der Waals surface area contributed by atoms with E-state index in [0.717, 1.165) is 38.0 Å². The Kier molecular flexibility index (Phi) is 7.53. The molecule has 5 heteroatoms. The van der Waals surface area contributed by atoms with Crippen LogP contribution in [0.15, 0.2) is 30.3 Å². The van der Waals surface area contributed by atoms with Gasteiger partial charge >= 0.3 is 6.09 Å². The molecular weight excluding hydrogens is 302 g/mol. The molecule has 0 saturated carbocycles. The zero-order chi connectivity index (χ0) is 17.4. The standard InChI is InChI=1S/C19H31N3O2/c1-16(2)21(13-11-20)14-18-10-6-7-12-22(18)19(23)24-15-17-8-4-3-5-9-17/h3-5,8-9,16,18H,6-7,10-15,20H2,1-2H3. The minimum Gasteiger partial charge on any atom is -0.445 e. The van der Waals surface area contributed by atoms with Crippen molar-refractivity contribution in [3.63, 3.8) is 0 Å². The van der Waals surface area contributed by atoms with Crippen LogP contribution in [0.1, 0.15) is 38.7 Å². The molecule has 2 rings (SSSR count). The van der Waals surface area contributed by atoms with E-state index < -0.39 is 0 Å². The molecule has 1 atom stereocenters. The summed E-state index contributed by atoms with van der Waals surface area (Å²) in [5.41, 5.74) is 6.75. The molecule has 1 saturated heterocycles. The first kappa shape index (κ1) is 18.7. The summed E-state index contributed by atoms with van der Waals surface area (Å²) in [6, 6.07) is 10.5. The fourth-order valence-electron chi connectivity index (χ4n) is 3.23. The number of nitrogens with two attached hydrogens (primary N) is 1. The first-order valence-corrected chi connectivity index (χ1v) is 9.03. The molecule has 2 N–H and O–H groups in total. The van der Waals surface area contributed by atoms with Crippen molar-refractivity contribution in [3.8, 4) is 0 Å². The number of hydrogen-bond donors (Lipinski definition) is 1. The third-order valence-corrected chi connectivity index (χ3v) is 4.66. The highest BCUT2D eigenvalue weighted by Crippen LogP contribution is 2.20. The van der Waals surface area contributed by atoms with Crippen molar-refractivity contribution in [2.24, 2.45) is 5.73 Å². The van der Waals surface area contributed by atoms with Gasteiger partial charge in [-0.25, -0.2) is 4.79 Å². The van der Waals surface area contributed by atoms with Gasteiger partial charge in [0.2, 0.25) is 0 Å². The number of rotatable bonds is 7. The number of amides is 1. The largest absolute Gasteiger partial charge is 0.445 e. The Morgan fingerprint density at radius 1 is 1.33 bits per heavy atom. The van der Waals surface area contributed by atoms with Crippen LogP contribution in [0.4, 0.5) is 4.79 Å². The molecule has 1 aliphatic heterocycles. The highest BCUT2D eigenvalue weighted by Gasteiger charge is 2.29. The second-order valence-electron chi connectivity index (χ2n) is 6.76. The van der Waals surface area contributed by atoms with Crippen molar-refractivity contribution in [2.45, 2.75) is 51.8 Å². The summed E-state index contributed by atoms with van der Waals surface area (Å²) in [4.78, 5) is 16.8. The second-order valence-corrected chi connectivity index (χ2v) is 6.76. The lowest BCUT2D eigenvalue weighted by Gasteiger charge is -2.39. The van der Waals surface area contributed by atoms with E-state index >= 15 is 0 Å². The number of ether oxygens (including phenoxy) is 1. The summed E-state index contributed by atoms with van der Waals surface area (Å²) in [6.45, 7) is 7.85. The van der Waals surface area contributed by atoms with Gasteiger partial charge in [-0.3, -0.25) is 4.90 Å². The predicted molar refractivity (Wildman–Crippen MR) is 96.7 cm³/mol. The number of likely N-dealkylation sites (tertiary alicyclic amines) is 1. The van der Waals surface area contributed by atoms with Crippen LogP contribution in [-0.4, -0.2) is 54.2 Å². The van der Waals surface area contributed by atoms with Crippen LogP contribution in [0.2, 0.25) is 0 Å². The Morgan fingerprint density at radius 2 is 2.08 bits per heavy atom. The number of carbonyl (C=O) groups excluding carboxylic acids is 1. The fourth-order valence-corrected chi connectivity index (χ4v) is 3.23. The van der Waals surface area contributed by atoms with Crippen molar-refractivity contribution in [1.29, 1.82) is 0 Å². The molecular formula is C19H31N3O2. The van der Waals surface area contributed by atoms with E-state index in [1.807, 2.05) is 35.2 Å². The second kappa shape index (κ2) is 9.64. The van der Waals surface area contributed by atoms with Gasteiger partial charge in [0.1, 0.15) is 6.61 Å². The van der Waals surface area contributed by atoms with Crippen molar-refractivity contribution in [2.75, 3.05) is 26.2 Å². The van der Waals surface area contributed by atoms with Crippen LogP contribution >= 0.6 is 0 Å². The van der Waals surface area contributed by atoms with Gasteiger partial charge in [-0.1, -0.05) is 30.3 Å². The Hall–Kier alpha value is -1.59. The Balaban J connectivity index is 1.93. The fraction of sp³-hybridized carbons (Fsp3) is 0.632. The average molecular weight is 333 g/mol. The molecule has 1 amide bonds. The number of benzene rings is 1. The molecule has 134 valence electrons. The highest BCUT2D eigenvalue weighted by atomic mass is 16.6. The molecule has 5 nitrogen and oxygen atoms in total. The van der Waals surface area contributed by atoms with Crippen LogP contribution in [0.3, 0.4) is 0 Å². The zero-order valence-electron chi connectivity index (χ0n) is 15.0. The molecule has 1 fully saturated rings. The van der Waals surface area contributed by atoms with E-state index in [0.29, 0.717) is 19.2 Å². The van der Waals surface area contributed by atoms with Crippen molar-refractivity contribution in [1.82, 2.24) is 9.80 Å². The van der Waals surface area contributed by atoms with Gasteiger partial charge < -0.3 is 15.4 Å². The van der Waals surface area contributed by atoms with E-state index in [1.165, 1.54) is 6.42 Å². The zero-order valence-corrected chi connectivity index (χ0v) is 15.0. The molecule has 1 unspecified atom stereocenters. The minimum atomic E-state index is -0.194. The average Bonchev–Trinajstić information content (AvgIpc) is 2.60. The Morgan fingerprint density at radius 3 is 2.75 bits per heavy atom. The predicted octanol–water partition coefficient (Wildman–Crippen LogP) is 2.85. The number of carbonyl (C=O) groups is 1. The smallest absolute Gasteiger partial charge is 0.410 e. The first-order chi connectivity index (χ1) is 11.6. The molecule has 1 aromatic carbocycles. The van der Waals surface area contributed by atoms with Crippen LogP contribution in [-0.2, 0) is 11.3 Å². The van der Waals surface area contributed by atoms with Gasteiger partial charge in [-0.2, -0.15) is 0 Å². The monoisotopic (exact) mass is 333 g/mol. The maximum absolute atomic E-state index is 12.6. The molecule has 24 heavy (non-hydrogen) atoms. The van der Waals surface area contributed by atoms with Crippen molar-refractivity contribution in [3.05, 3.63) is 35.9 Å². The van der Waals surface area contributed by atoms with Crippen LogP contribution in [0, 0.1) is 0 Å². The topological polar surface area (TPSA) is 58.8 Å². The molecule has 0 spiro atoms. The lowest BCUT2D eigenvalue weighted by molar-refractivity contribution is 0.0525. The lowest BCUT2D eigenvalue weighted by Crippen LogP contribution is -2.51. The van der Waals surface area contributed by atoms with E-state index in [4.69, 9.17) is 10.5 Å². The van der Waals surface area contributed by atoms with Gasteiger partial charge in [0.05, 0.1) is 0 Å². The van der Waals surface area contributed by atoms with Gasteiger partial charge in [-0.05, 0) is 38.7 Å². The van der Waals surface area contributed by atoms with E-state index in [2.05, 4.69) is 18.7 Å². The van der Waals surface area contributed by atoms with Gasteiger partial charge in [0.15, 0.2) is 0 Å². The third kappa shape index (κ3) is 5.49. The summed E-state index contributed by atoms with van der Waals surface area (Å²) in [7, 11) is 0. The maximum atomic E-state index is 12.6. The van der Waals surface area contributed by atoms with E-state index in [-0.39, 0.29) is 12.1 Å². The number of hydrogen-bond acceptors (Lipinski definition) is 4. The summed E-state index contributed by atoms with van der Waals surface area (Å²) in [6.07, 6.45) is 3.06. The summed E-state index contributed by atoms with van der Waals surface area (Å²) < 4.78 is 5.54. The van der Waals surface area contributed by atoms with Crippen LogP contribution in [0.5, 0.6) is 0 Å². The summed E-state index contributed by atoms with van der Waals surface area (Å²) in [5.74, 6) is 0. The van der Waals surface area contributed by atoms with E-state index in [1.54, 1.807) is 0 Å². The molecule has 1 aromatic rings. The van der Waals surface area contributed by atoms with Crippen molar-refractivity contribution >= 4 is 6.09 Å². The highest BCUT2D eigenvalue weighted by molar-refractivity contribution is 5.68. The summed E-state index contributed by atoms with van der Waals surface area (Å²) >= 11 is 0. The normalized spacial score (nSPS) is 18.2. The minimum absolute atomic E-state index is 0.194. The molecule has 1 aliphatic rings. The quantitative estimate of drug-likeness (QED) is 0.833. The Bertz CT molecular complexity index is 493. The van der Waals surface area contributed by atoms with Crippen LogP contribution < -0.4 is 5.73 Å². The lowest BCUT2D eigenvalue weighted by atomic mass is 10.0. The Labute approximate surface area is 145 Å². The maximum Gasteiger partial charge on any atom is 0.410 e. The van der Waals surface area contributed by atoms with Gasteiger partial charge in [0.25, 0.3) is 0 Å². The van der Waals surface area contributed by atoms with Crippen molar-refractivity contribution < 1.29 is 9.53 Å². The molecule has 0 bridgehead atoms. The first-order valence-electron chi connectivity index (χ1n) is 9.03. The molecule has 0 aromatic heterocycles. The molecule has 1 heterocycles.